The van der Waals surface area contributed by atoms with Gasteiger partial charge < -0.3 is 10.5 Å². The highest BCUT2D eigenvalue weighted by atomic mass is 19.2. The Morgan fingerprint density at radius 3 is 2.28 bits per heavy atom. The molecule has 6 heteroatoms. The third-order valence-electron chi connectivity index (χ3n) is 3.24. The van der Waals surface area contributed by atoms with Gasteiger partial charge in [-0.2, -0.15) is 0 Å². The molecule has 2 N–H and O–H groups in total. The van der Waals surface area contributed by atoms with Crippen molar-refractivity contribution in [3.8, 4) is 0 Å². The first kappa shape index (κ1) is 20.7. The Hall–Kier alpha value is -2.34. The van der Waals surface area contributed by atoms with Crippen molar-refractivity contribution in [2.24, 2.45) is 5.73 Å². The summed E-state index contributed by atoms with van der Waals surface area (Å²) in [6.45, 7) is 4.12. The zero-order valence-electron chi connectivity index (χ0n) is 14.3. The van der Waals surface area contributed by atoms with E-state index in [1.807, 2.05) is 44.2 Å². The highest BCUT2D eigenvalue weighted by Crippen LogP contribution is 2.16. The number of benzene rings is 2. The van der Waals surface area contributed by atoms with Gasteiger partial charge in [0.2, 0.25) is 0 Å². The minimum Gasteiger partial charge on any atom is -0.461 e. The molecule has 25 heavy (non-hydrogen) atoms. The van der Waals surface area contributed by atoms with Crippen LogP contribution in [-0.4, -0.2) is 12.0 Å². The van der Waals surface area contributed by atoms with Crippen molar-refractivity contribution in [1.82, 2.24) is 0 Å². The van der Waals surface area contributed by atoms with Crippen molar-refractivity contribution in [1.29, 1.82) is 0 Å². The molecular formula is C19H22F3NO2. The molecule has 0 aliphatic heterocycles. The minimum atomic E-state index is -1.26. The van der Waals surface area contributed by atoms with Crippen molar-refractivity contribution in [2.45, 2.75) is 39.3 Å². The Balaban J connectivity index is 0.00000151. The predicted molar refractivity (Wildman–Crippen MR) is 90.2 cm³/mol. The Labute approximate surface area is 145 Å². The first-order valence-corrected chi connectivity index (χ1v) is 8.04. The smallest absolute Gasteiger partial charge is 0.307 e. The standard InChI is InChI=1S/C17H16F3NO2.C2H6/c18-14-9-16(20)15(19)7-12(14)6-13(21)8-17(22)23-10-11-4-2-1-3-5-11;1-2/h1-5,7,9,13H,6,8,10,21H2;1-2H3. The molecule has 2 rings (SSSR count). The van der Waals surface area contributed by atoms with Gasteiger partial charge in [0, 0.05) is 12.1 Å². The Morgan fingerprint density at radius 1 is 1.04 bits per heavy atom. The normalized spacial score (nSPS) is 11.3. The van der Waals surface area contributed by atoms with Gasteiger partial charge in [0.15, 0.2) is 11.6 Å². The number of carbonyl (C=O) groups excluding carboxylic acids is 1. The number of rotatable bonds is 6. The lowest BCUT2D eigenvalue weighted by Gasteiger charge is -2.12. The van der Waals surface area contributed by atoms with Gasteiger partial charge in [-0.1, -0.05) is 44.2 Å². The third-order valence-corrected chi connectivity index (χ3v) is 3.24. The SMILES string of the molecule is CC.NC(CC(=O)OCc1ccccc1)Cc1cc(F)c(F)cc1F. The monoisotopic (exact) mass is 353 g/mol. The molecule has 3 nitrogen and oxygen atoms in total. The van der Waals surface area contributed by atoms with E-state index < -0.39 is 29.5 Å². The van der Waals surface area contributed by atoms with E-state index >= 15 is 0 Å². The molecule has 0 fully saturated rings. The Morgan fingerprint density at radius 2 is 1.64 bits per heavy atom. The molecule has 136 valence electrons. The summed E-state index contributed by atoms with van der Waals surface area (Å²) in [5, 5.41) is 0. The molecule has 0 saturated heterocycles. The van der Waals surface area contributed by atoms with Crippen LogP contribution >= 0.6 is 0 Å². The summed E-state index contributed by atoms with van der Waals surface area (Å²) in [7, 11) is 0. The van der Waals surface area contributed by atoms with E-state index in [0.717, 1.165) is 11.6 Å². The number of nitrogens with two attached hydrogens (primary N) is 1. The molecule has 0 aromatic heterocycles. The molecule has 0 heterocycles. The van der Waals surface area contributed by atoms with Crippen LogP contribution in [0, 0.1) is 17.5 Å². The van der Waals surface area contributed by atoms with Crippen LogP contribution in [0.5, 0.6) is 0 Å². The first-order valence-electron chi connectivity index (χ1n) is 8.04. The highest BCUT2D eigenvalue weighted by molar-refractivity contribution is 5.70. The number of ether oxygens (including phenoxy) is 1. The fraction of sp³-hybridized carbons (Fsp3) is 0.316. The van der Waals surface area contributed by atoms with Crippen LogP contribution in [0.1, 0.15) is 31.4 Å². The maximum Gasteiger partial charge on any atom is 0.307 e. The van der Waals surface area contributed by atoms with Crippen LogP contribution in [0.3, 0.4) is 0 Å². The molecule has 2 aromatic carbocycles. The minimum absolute atomic E-state index is 0.0766. The van der Waals surface area contributed by atoms with E-state index in [0.29, 0.717) is 6.07 Å². The molecule has 0 aliphatic rings. The van der Waals surface area contributed by atoms with Crippen LogP contribution in [0.25, 0.3) is 0 Å². The molecule has 1 unspecified atom stereocenters. The van der Waals surface area contributed by atoms with Gasteiger partial charge >= 0.3 is 5.97 Å². The summed E-state index contributed by atoms with van der Waals surface area (Å²) >= 11 is 0. The second-order valence-electron chi connectivity index (χ2n) is 5.17. The predicted octanol–water partition coefficient (Wildman–Crippen LogP) is 4.13. The van der Waals surface area contributed by atoms with E-state index in [2.05, 4.69) is 0 Å². The van der Waals surface area contributed by atoms with Crippen molar-refractivity contribution >= 4 is 5.97 Å². The lowest BCUT2D eigenvalue weighted by Crippen LogP contribution is -2.27. The molecular weight excluding hydrogens is 331 g/mol. The van der Waals surface area contributed by atoms with Crippen LogP contribution in [0.4, 0.5) is 13.2 Å². The Kier molecular flexibility index (Phi) is 8.70. The van der Waals surface area contributed by atoms with Gasteiger partial charge in [-0.15, -0.1) is 0 Å². The molecule has 0 bridgehead atoms. The first-order chi connectivity index (χ1) is 12.0. The second-order valence-corrected chi connectivity index (χ2v) is 5.17. The number of halogens is 3. The van der Waals surface area contributed by atoms with Crippen LogP contribution in [-0.2, 0) is 22.6 Å². The topological polar surface area (TPSA) is 52.3 Å². The van der Waals surface area contributed by atoms with Gasteiger partial charge in [-0.25, -0.2) is 13.2 Å². The molecule has 0 radical (unpaired) electrons. The van der Waals surface area contributed by atoms with Gasteiger partial charge in [0.25, 0.3) is 0 Å². The fourth-order valence-electron chi connectivity index (χ4n) is 2.09. The van der Waals surface area contributed by atoms with Gasteiger partial charge in [0.1, 0.15) is 12.4 Å². The number of hydrogen-bond acceptors (Lipinski definition) is 3. The molecule has 0 spiro atoms. The summed E-state index contributed by atoms with van der Waals surface area (Å²) in [6.07, 6.45) is -0.241. The zero-order valence-corrected chi connectivity index (χ0v) is 14.3. The van der Waals surface area contributed by atoms with E-state index in [1.54, 1.807) is 0 Å². The average molecular weight is 353 g/mol. The maximum atomic E-state index is 13.5. The lowest BCUT2D eigenvalue weighted by atomic mass is 10.0. The van der Waals surface area contributed by atoms with Gasteiger partial charge in [-0.3, -0.25) is 4.79 Å². The van der Waals surface area contributed by atoms with E-state index in [4.69, 9.17) is 10.5 Å². The van der Waals surface area contributed by atoms with Crippen molar-refractivity contribution < 1.29 is 22.7 Å². The van der Waals surface area contributed by atoms with Crippen molar-refractivity contribution in [2.75, 3.05) is 0 Å². The number of carbonyl (C=O) groups is 1. The fourth-order valence-corrected chi connectivity index (χ4v) is 2.09. The lowest BCUT2D eigenvalue weighted by molar-refractivity contribution is -0.145. The van der Waals surface area contributed by atoms with Crippen LogP contribution in [0.15, 0.2) is 42.5 Å². The summed E-state index contributed by atoms with van der Waals surface area (Å²) < 4.78 is 44.5. The molecule has 2 aromatic rings. The molecule has 0 amide bonds. The van der Waals surface area contributed by atoms with Gasteiger partial charge in [-0.05, 0) is 23.6 Å². The largest absolute Gasteiger partial charge is 0.461 e. The summed E-state index contributed by atoms with van der Waals surface area (Å²) in [5.74, 6) is -3.84. The van der Waals surface area contributed by atoms with Crippen molar-refractivity contribution in [3.05, 3.63) is 71.0 Å². The quantitative estimate of drug-likeness (QED) is 0.627. The molecule has 0 saturated carbocycles. The number of hydrogen-bond donors (Lipinski definition) is 1. The third kappa shape index (κ3) is 6.97. The average Bonchev–Trinajstić information content (AvgIpc) is 2.60. The Bertz CT molecular complexity index is 678. The van der Waals surface area contributed by atoms with Crippen LogP contribution < -0.4 is 5.73 Å². The van der Waals surface area contributed by atoms with Crippen molar-refractivity contribution in [3.63, 3.8) is 0 Å². The zero-order chi connectivity index (χ0) is 18.8. The summed E-state index contributed by atoms with van der Waals surface area (Å²) in [5.41, 5.74) is 6.51. The molecule has 1 atom stereocenters. The summed E-state index contributed by atoms with van der Waals surface area (Å²) in [4.78, 5) is 11.7. The number of esters is 1. The van der Waals surface area contributed by atoms with E-state index in [-0.39, 0.29) is 25.0 Å². The second kappa shape index (κ2) is 10.5. The highest BCUT2D eigenvalue weighted by Gasteiger charge is 2.16. The summed E-state index contributed by atoms with van der Waals surface area (Å²) in [6, 6.07) is 9.57. The van der Waals surface area contributed by atoms with Gasteiger partial charge in [0.05, 0.1) is 6.42 Å². The maximum absolute atomic E-state index is 13.5. The van der Waals surface area contributed by atoms with E-state index in [9.17, 15) is 18.0 Å². The van der Waals surface area contributed by atoms with Crippen LogP contribution in [0.2, 0.25) is 0 Å². The van der Waals surface area contributed by atoms with E-state index in [1.165, 1.54) is 0 Å². The molecule has 0 aliphatic carbocycles.